The molecule has 6 N–H and O–H groups in total. The van der Waals surface area contributed by atoms with E-state index in [0.29, 0.717) is 43.9 Å². The van der Waals surface area contributed by atoms with E-state index in [1.165, 1.54) is 39.3 Å². The van der Waals surface area contributed by atoms with E-state index in [1.54, 1.807) is 25.5 Å². The Bertz CT molecular complexity index is 3030. The summed E-state index contributed by atoms with van der Waals surface area (Å²) < 4.78 is 291. The van der Waals surface area contributed by atoms with Crippen LogP contribution in [0.5, 0.6) is 0 Å². The fraction of sp³-hybridized carbons (Fsp3) is 0.770. The molecule has 13 unspecified atom stereocenters. The number of halogens is 18. The number of esters is 4. The predicted molar refractivity (Wildman–Crippen MR) is 320 cm³/mol. The first-order chi connectivity index (χ1) is 44.2. The lowest BCUT2D eigenvalue weighted by atomic mass is 9.67. The molecule has 4 bridgehead atoms. The number of aliphatic hydroxyl groups is 4. The van der Waals surface area contributed by atoms with Crippen LogP contribution < -0.4 is 9.44 Å². The van der Waals surface area contributed by atoms with Crippen molar-refractivity contribution in [1.82, 2.24) is 9.44 Å². The number of ether oxygens (including phenoxy) is 4. The molecule has 0 aliphatic heterocycles. The number of nitrogens with one attached hydrogen (secondary N) is 2. The molecule has 4 saturated carbocycles. The van der Waals surface area contributed by atoms with E-state index < -0.39 is 159 Å². The number of allylic oxidation sites excluding steroid dienone is 2. The van der Waals surface area contributed by atoms with E-state index in [4.69, 9.17) is 14.2 Å². The van der Waals surface area contributed by atoms with Gasteiger partial charge < -0.3 is 39.4 Å². The molecule has 0 heterocycles. The Morgan fingerprint density at radius 1 is 0.535 bits per heavy atom. The molecule has 5 aliphatic carbocycles. The second-order valence-corrected chi connectivity index (χ2v) is 30.4. The van der Waals surface area contributed by atoms with Crippen molar-refractivity contribution in [3.8, 4) is 0 Å². The molecule has 99 heavy (non-hydrogen) atoms. The van der Waals surface area contributed by atoms with Gasteiger partial charge in [-0.2, -0.15) is 79.0 Å². The molecular formula is C61H88F18N2O16S2. The zero-order valence-electron chi connectivity index (χ0n) is 55.8. The van der Waals surface area contributed by atoms with Gasteiger partial charge in [-0.25, -0.2) is 45.5 Å². The molecule has 5 rings (SSSR count). The summed E-state index contributed by atoms with van der Waals surface area (Å²) in [6.45, 7) is 25.3. The minimum absolute atomic E-state index is 0.0342. The second kappa shape index (κ2) is 35.0. The van der Waals surface area contributed by atoms with E-state index in [-0.39, 0.29) is 77.9 Å². The van der Waals surface area contributed by atoms with Crippen LogP contribution >= 0.6 is 0 Å². The van der Waals surface area contributed by atoms with Gasteiger partial charge in [-0.1, -0.05) is 52.3 Å². The number of hydrogen-bond acceptors (Lipinski definition) is 16. The standard InChI is InChI=1S/C16H22F6O4.C15H21F3O3.C13H21F3O3.C10H14F3NO2S.C7H10F3NO4S/c1-8(2)12(23)26-11-6-9(13(3,4)24)5-10(7-11)14(25,15(17,18)19)16(20,21)22;1-8(2)13(19)21-12-6-9-4-10(11(12)5-9)7-14(3,20)15(16,17)18;1-8(2)6-10(19-11(17)9(3)4)7-12(5,18)13(14,15)16;11-10(12,13)17(15,16)14-4-3-9-6-7-1-2-8(9)5-7;1-5(2)6(12)15-4-3-11-16(13,14)7(8,9)10/h9-11,24-25H,1,5-7H2,2-4H3;9-12,20H,1,4-7H2,2-3H3;8,10,18H,3,6-7H2,1-2,4-5H3;1-2,7-9,14H,3-6H2;11H,1,3-4H2,2H3. The highest BCUT2D eigenvalue weighted by Gasteiger charge is 2.74. The maximum absolute atomic E-state index is 13.2. The number of carbonyl (C=O) groups excluding carboxylic acids is 4. The van der Waals surface area contributed by atoms with Crippen molar-refractivity contribution in [2.24, 2.45) is 53.3 Å². The monoisotopic (exact) mass is 1510 g/mol. The Balaban J connectivity index is 0.000000625. The van der Waals surface area contributed by atoms with Gasteiger partial charge in [-0.15, -0.1) is 0 Å². The molecule has 0 aromatic carbocycles. The first-order valence-corrected chi connectivity index (χ1v) is 33.5. The summed E-state index contributed by atoms with van der Waals surface area (Å²) in [4.78, 5) is 45.3. The molecule has 576 valence electrons. The van der Waals surface area contributed by atoms with Crippen LogP contribution in [0, 0.1) is 53.3 Å². The van der Waals surface area contributed by atoms with Crippen LogP contribution in [0.25, 0.3) is 0 Å². The Morgan fingerprint density at radius 2 is 0.990 bits per heavy atom. The number of sulfonamides is 2. The Hall–Kier alpha value is -5.02. The molecule has 0 spiro atoms. The molecule has 18 nitrogen and oxygen atoms in total. The zero-order valence-corrected chi connectivity index (χ0v) is 57.5. The van der Waals surface area contributed by atoms with Crippen molar-refractivity contribution >= 4 is 43.9 Å². The predicted octanol–water partition coefficient (Wildman–Crippen LogP) is 12.5. The first-order valence-electron chi connectivity index (χ1n) is 30.5. The third kappa shape index (κ3) is 27.6. The largest absolute Gasteiger partial charge is 0.511 e. The van der Waals surface area contributed by atoms with Gasteiger partial charge in [0, 0.05) is 47.7 Å². The lowest BCUT2D eigenvalue weighted by molar-refractivity contribution is -0.390. The van der Waals surface area contributed by atoms with Crippen molar-refractivity contribution < 1.29 is 154 Å². The second-order valence-electron chi connectivity index (χ2n) is 26.9. The lowest BCUT2D eigenvalue weighted by Crippen LogP contribution is -2.63. The molecular weight excluding hydrogens is 1420 g/mol. The van der Waals surface area contributed by atoms with Gasteiger partial charge in [-0.3, -0.25) is 0 Å². The van der Waals surface area contributed by atoms with Crippen LogP contribution in [-0.2, 0) is 58.2 Å². The van der Waals surface area contributed by atoms with Gasteiger partial charge in [0.25, 0.3) is 5.60 Å². The van der Waals surface area contributed by atoms with Crippen LogP contribution in [-0.4, -0.2) is 157 Å². The molecule has 0 amide bonds. The van der Waals surface area contributed by atoms with Crippen LogP contribution in [0.4, 0.5) is 79.0 Å². The van der Waals surface area contributed by atoms with E-state index in [0.717, 1.165) is 26.2 Å². The molecule has 0 radical (unpaired) electrons. The van der Waals surface area contributed by atoms with Crippen molar-refractivity contribution in [2.45, 2.75) is 223 Å². The number of hydrogen-bond donors (Lipinski definition) is 6. The SMILES string of the molecule is C=C(C)C(=O)OC(CC(C)C)CC(C)(O)C(F)(F)F.C=C(C)C(=O)OC1CC(C(C)(C)O)CC(C(O)(C(F)(F)F)C(F)(F)F)C1.C=C(C)C(=O)OC1CC2CC(CC(C)(O)C(F)(F)F)C1C2.C=C(C)C(=O)OCCNS(=O)(=O)C(F)(F)F.O=S(=O)(NCCC1CC2C=CC1C2)C(F)(F)F. The van der Waals surface area contributed by atoms with Gasteiger partial charge in [0.1, 0.15) is 24.9 Å². The summed E-state index contributed by atoms with van der Waals surface area (Å²) in [5.41, 5.74) is -22.4. The molecule has 4 fully saturated rings. The number of alkyl halides is 18. The van der Waals surface area contributed by atoms with Crippen molar-refractivity contribution in [2.75, 3.05) is 19.7 Å². The summed E-state index contributed by atoms with van der Waals surface area (Å²) in [5, 5.41) is 38.9. The third-order valence-electron chi connectivity index (χ3n) is 16.9. The number of fused-ring (bicyclic) bond motifs is 4. The highest BCUT2D eigenvalue weighted by atomic mass is 32.2. The van der Waals surface area contributed by atoms with Crippen molar-refractivity contribution in [3.63, 3.8) is 0 Å². The van der Waals surface area contributed by atoms with Crippen LogP contribution in [0.3, 0.4) is 0 Å². The molecule has 0 aromatic rings. The van der Waals surface area contributed by atoms with Crippen LogP contribution in [0.1, 0.15) is 146 Å². The van der Waals surface area contributed by atoms with Crippen LogP contribution in [0.15, 0.2) is 60.8 Å². The number of rotatable bonds is 23. The average Bonchev–Trinajstić information content (AvgIpc) is 1.56. The van der Waals surface area contributed by atoms with Gasteiger partial charge >= 0.3 is 79.6 Å². The van der Waals surface area contributed by atoms with E-state index in [1.807, 2.05) is 0 Å². The fourth-order valence-electron chi connectivity index (χ4n) is 11.5. The smallest absolute Gasteiger partial charge is 0.461 e. The topological polar surface area (TPSA) is 278 Å². The van der Waals surface area contributed by atoms with E-state index >= 15 is 0 Å². The Kier molecular flexibility index (Phi) is 32.5. The first kappa shape index (κ1) is 92.0. The highest BCUT2D eigenvalue weighted by Crippen LogP contribution is 2.55. The van der Waals surface area contributed by atoms with Gasteiger partial charge in [0.05, 0.1) is 5.60 Å². The quantitative estimate of drug-likeness (QED) is 0.0138. The van der Waals surface area contributed by atoms with Gasteiger partial charge in [0.15, 0.2) is 11.2 Å². The Morgan fingerprint density at radius 3 is 1.37 bits per heavy atom. The normalized spacial score (nSPS) is 24.9. The lowest BCUT2D eigenvalue weighted by Gasteiger charge is -2.46. The third-order valence-corrected chi connectivity index (χ3v) is 19.3. The minimum Gasteiger partial charge on any atom is -0.461 e. The Labute approximate surface area is 562 Å². The fourth-order valence-corrected chi connectivity index (χ4v) is 12.6. The van der Waals surface area contributed by atoms with E-state index in [2.05, 4.69) is 43.2 Å². The van der Waals surface area contributed by atoms with Gasteiger partial charge in [0.2, 0.25) is 0 Å². The summed E-state index contributed by atoms with van der Waals surface area (Å²) in [6, 6.07) is 0. The molecule has 0 aromatic heterocycles. The van der Waals surface area contributed by atoms with Gasteiger partial charge in [-0.05, 0) is 173 Å². The van der Waals surface area contributed by atoms with E-state index in [9.17, 15) is 135 Å². The van der Waals surface area contributed by atoms with Crippen LogP contribution in [0.2, 0.25) is 0 Å². The molecule has 13 atom stereocenters. The maximum atomic E-state index is 13.2. The minimum atomic E-state index is -5.99. The number of carbonyl (C=O) groups is 4. The van der Waals surface area contributed by atoms with Crippen molar-refractivity contribution in [3.05, 3.63) is 60.8 Å². The highest BCUT2D eigenvalue weighted by molar-refractivity contribution is 7.90. The molecule has 38 heteroatoms. The summed E-state index contributed by atoms with van der Waals surface area (Å²) in [5.74, 6) is -5.14. The maximum Gasteiger partial charge on any atom is 0.511 e. The summed E-state index contributed by atoms with van der Waals surface area (Å²) in [7, 11) is -10.6. The van der Waals surface area contributed by atoms with Crippen molar-refractivity contribution in [1.29, 1.82) is 0 Å². The average molecular weight is 1510 g/mol. The molecule has 0 saturated heterocycles. The summed E-state index contributed by atoms with van der Waals surface area (Å²) in [6.07, 6.45) is -17.7. The summed E-state index contributed by atoms with van der Waals surface area (Å²) >= 11 is 0. The molecule has 5 aliphatic rings. The zero-order chi connectivity index (χ0) is 77.8.